The molecule has 0 saturated carbocycles. The van der Waals surface area contributed by atoms with E-state index in [1.165, 1.54) is 12.0 Å². The van der Waals surface area contributed by atoms with E-state index < -0.39 is 0 Å². The standard InChI is InChI=1S/C10H19N.C6H12N.C4H7.Y/c1-5-11-10(4)8-6-7-9(2)3;1-4-5-7-6(2)3;1-4(2)3;/h11H,2,4-8H2,1,3H3;7H,2-5H2,1H3;1-2H2,3H3;/q;2*-1;. The summed E-state index contributed by atoms with van der Waals surface area (Å²) >= 11 is 0. The molecule has 1 radical (unpaired) electrons. The van der Waals surface area contributed by atoms with E-state index in [9.17, 15) is 0 Å². The second-order valence-corrected chi connectivity index (χ2v) is 5.43. The topological polar surface area (TPSA) is 24.1 Å². The van der Waals surface area contributed by atoms with Gasteiger partial charge in [0.1, 0.15) is 0 Å². The first-order valence-electron chi connectivity index (χ1n) is 7.95. The molecule has 0 fully saturated rings. The van der Waals surface area contributed by atoms with Gasteiger partial charge in [-0.25, -0.2) is 32.6 Å². The Kier molecular flexibility index (Phi) is 31.2. The van der Waals surface area contributed by atoms with Crippen LogP contribution >= 0.6 is 0 Å². The van der Waals surface area contributed by atoms with Gasteiger partial charge in [-0.1, -0.05) is 26.0 Å². The van der Waals surface area contributed by atoms with E-state index in [1.807, 2.05) is 6.92 Å². The van der Waals surface area contributed by atoms with Gasteiger partial charge in [0.15, 0.2) is 0 Å². The third kappa shape index (κ3) is 52.4. The predicted octanol–water partition coefficient (Wildman–Crippen LogP) is 5.58. The van der Waals surface area contributed by atoms with Crippen LogP contribution in [0.3, 0.4) is 0 Å². The number of allylic oxidation sites excluding steroid dienone is 4. The number of hydrogen-bond donors (Lipinski definition) is 2. The summed E-state index contributed by atoms with van der Waals surface area (Å²) in [6.45, 7) is 31.9. The molecule has 0 saturated heterocycles. The monoisotopic (exact) mass is 395 g/mol. The Morgan fingerprint density at radius 3 is 1.65 bits per heavy atom. The van der Waals surface area contributed by atoms with Crippen molar-refractivity contribution in [3.8, 4) is 0 Å². The van der Waals surface area contributed by atoms with Crippen LogP contribution in [0.4, 0.5) is 0 Å². The first-order chi connectivity index (χ1) is 10.2. The summed E-state index contributed by atoms with van der Waals surface area (Å²) in [5.41, 5.74) is 4.13. The van der Waals surface area contributed by atoms with Gasteiger partial charge < -0.3 is 10.6 Å². The summed E-state index contributed by atoms with van der Waals surface area (Å²) in [7, 11) is 0. The fraction of sp³-hybridized carbons (Fsp3) is 0.500. The van der Waals surface area contributed by atoms with Crippen LogP contribution in [0.25, 0.3) is 0 Å². The summed E-state index contributed by atoms with van der Waals surface area (Å²) in [5.74, 6) is 0. The van der Waals surface area contributed by atoms with E-state index in [2.05, 4.69) is 71.6 Å². The molecule has 0 aliphatic rings. The SMILES string of the molecule is C=C(C)CCCC(=C)NCC.C=C([CH2-])C.C=C([CH2-])NCCC.[Y]. The Bertz CT molecular complexity index is 316. The van der Waals surface area contributed by atoms with Crippen molar-refractivity contribution < 1.29 is 32.7 Å². The molecule has 0 aromatic heterocycles. The largest absolute Gasteiger partial charge is 0.418 e. The molecule has 0 aliphatic carbocycles. The zero-order valence-corrected chi connectivity index (χ0v) is 18.9. The molecule has 0 unspecified atom stereocenters. The number of rotatable bonds is 9. The van der Waals surface area contributed by atoms with Gasteiger partial charge >= 0.3 is 0 Å². The first kappa shape index (κ1) is 30.3. The van der Waals surface area contributed by atoms with Crippen LogP contribution in [0.2, 0.25) is 0 Å². The summed E-state index contributed by atoms with van der Waals surface area (Å²) in [4.78, 5) is 0. The van der Waals surface area contributed by atoms with Gasteiger partial charge in [-0.2, -0.15) is 0 Å². The van der Waals surface area contributed by atoms with Crippen LogP contribution in [0.5, 0.6) is 0 Å². The quantitative estimate of drug-likeness (QED) is 0.393. The third-order valence-corrected chi connectivity index (χ3v) is 2.13. The minimum atomic E-state index is 0. The minimum absolute atomic E-state index is 0. The zero-order chi connectivity index (χ0) is 18.0. The molecule has 0 aromatic carbocycles. The van der Waals surface area contributed by atoms with Crippen molar-refractivity contribution in [2.45, 2.75) is 53.4 Å². The van der Waals surface area contributed by atoms with Crippen LogP contribution in [-0.2, 0) is 32.7 Å². The van der Waals surface area contributed by atoms with Gasteiger partial charge in [0, 0.05) is 51.5 Å². The fourth-order valence-electron chi connectivity index (χ4n) is 1.24. The average molecular weight is 395 g/mol. The summed E-state index contributed by atoms with van der Waals surface area (Å²) in [6.07, 6.45) is 4.49. The molecule has 0 atom stereocenters. The molecule has 2 nitrogen and oxygen atoms in total. The number of hydrogen-bond acceptors (Lipinski definition) is 2. The molecule has 0 spiro atoms. The van der Waals surface area contributed by atoms with Crippen LogP contribution in [0.1, 0.15) is 53.4 Å². The molecule has 0 aliphatic heterocycles. The van der Waals surface area contributed by atoms with Gasteiger partial charge in [-0.3, -0.25) is 0 Å². The molecule has 3 heteroatoms. The normalized spacial score (nSPS) is 8.00. The van der Waals surface area contributed by atoms with Gasteiger partial charge in [0.05, 0.1) is 0 Å². The molecule has 23 heavy (non-hydrogen) atoms. The van der Waals surface area contributed by atoms with E-state index in [4.69, 9.17) is 0 Å². The molecule has 0 heterocycles. The third-order valence-electron chi connectivity index (χ3n) is 2.13. The van der Waals surface area contributed by atoms with Crippen molar-refractivity contribution in [1.29, 1.82) is 0 Å². The van der Waals surface area contributed by atoms with Crippen molar-refractivity contribution in [2.75, 3.05) is 13.1 Å². The maximum Gasteiger partial charge on any atom is 0.0115 e. The maximum absolute atomic E-state index is 3.90. The molecule has 133 valence electrons. The molecule has 0 bridgehead atoms. The molecule has 0 rings (SSSR count). The van der Waals surface area contributed by atoms with Crippen molar-refractivity contribution in [2.24, 2.45) is 0 Å². The summed E-state index contributed by atoms with van der Waals surface area (Å²) < 4.78 is 0. The summed E-state index contributed by atoms with van der Waals surface area (Å²) in [6, 6.07) is 0. The predicted molar refractivity (Wildman–Crippen MR) is 104 cm³/mol. The minimum Gasteiger partial charge on any atom is -0.418 e. The van der Waals surface area contributed by atoms with Gasteiger partial charge in [0.25, 0.3) is 0 Å². The van der Waals surface area contributed by atoms with E-state index in [0.29, 0.717) is 0 Å². The van der Waals surface area contributed by atoms with Crippen LogP contribution in [0.15, 0.2) is 48.9 Å². The molecule has 2 N–H and O–H groups in total. The second kappa shape index (κ2) is 23.7. The second-order valence-electron chi connectivity index (χ2n) is 5.43. The zero-order valence-electron chi connectivity index (χ0n) is 16.1. The number of nitrogens with one attached hydrogen (secondary N) is 2. The van der Waals surface area contributed by atoms with Gasteiger partial charge in [0.2, 0.25) is 0 Å². The van der Waals surface area contributed by atoms with E-state index in [1.54, 1.807) is 0 Å². The Balaban J connectivity index is -0.000000130. The summed E-state index contributed by atoms with van der Waals surface area (Å²) in [5, 5.41) is 6.18. The molecule has 0 amide bonds. The van der Waals surface area contributed by atoms with E-state index in [-0.39, 0.29) is 32.7 Å². The van der Waals surface area contributed by atoms with Crippen LogP contribution in [0, 0.1) is 13.8 Å². The van der Waals surface area contributed by atoms with Crippen molar-refractivity contribution >= 4 is 0 Å². The Labute approximate surface area is 171 Å². The fourth-order valence-corrected chi connectivity index (χ4v) is 1.24. The smallest absolute Gasteiger partial charge is 0.0115 e. The first-order valence-corrected chi connectivity index (χ1v) is 7.95. The Morgan fingerprint density at radius 2 is 1.39 bits per heavy atom. The Hall–Kier alpha value is -0.596. The molecule has 0 aromatic rings. The van der Waals surface area contributed by atoms with Crippen molar-refractivity contribution in [1.82, 2.24) is 10.6 Å². The van der Waals surface area contributed by atoms with Gasteiger partial charge in [-0.05, 0) is 39.5 Å². The van der Waals surface area contributed by atoms with E-state index in [0.717, 1.165) is 49.3 Å². The van der Waals surface area contributed by atoms with Gasteiger partial charge in [-0.15, -0.1) is 12.3 Å². The van der Waals surface area contributed by atoms with Crippen molar-refractivity contribution in [3.05, 3.63) is 62.7 Å². The van der Waals surface area contributed by atoms with Crippen molar-refractivity contribution in [3.63, 3.8) is 0 Å². The molecular weight excluding hydrogens is 357 g/mol. The maximum atomic E-state index is 3.90. The van der Waals surface area contributed by atoms with Crippen LogP contribution < -0.4 is 10.6 Å². The average Bonchev–Trinajstić information content (AvgIpc) is 2.36. The molecular formula is C20H38N2Y-2. The Morgan fingerprint density at radius 1 is 0.913 bits per heavy atom. The van der Waals surface area contributed by atoms with Crippen LogP contribution in [-0.4, -0.2) is 13.1 Å². The van der Waals surface area contributed by atoms with E-state index >= 15 is 0 Å².